The first-order valence-corrected chi connectivity index (χ1v) is 7.04. The van der Waals surface area contributed by atoms with Crippen LogP contribution in [-0.4, -0.2) is 20.0 Å². The SMILES string of the molecule is CCc1nn(C)cc1-c1[nH]nc(N)c1-c1ccc(C)cc1. The van der Waals surface area contributed by atoms with E-state index in [0.717, 1.165) is 34.5 Å². The van der Waals surface area contributed by atoms with Crippen molar-refractivity contribution in [2.45, 2.75) is 20.3 Å². The number of nitrogens with one attached hydrogen (secondary N) is 1. The van der Waals surface area contributed by atoms with Gasteiger partial charge in [0.2, 0.25) is 0 Å². The molecule has 0 atom stereocenters. The van der Waals surface area contributed by atoms with E-state index >= 15 is 0 Å². The van der Waals surface area contributed by atoms with E-state index in [4.69, 9.17) is 5.73 Å². The number of rotatable bonds is 3. The van der Waals surface area contributed by atoms with Crippen LogP contribution in [-0.2, 0) is 13.5 Å². The number of benzene rings is 1. The van der Waals surface area contributed by atoms with Crippen LogP contribution in [0.25, 0.3) is 22.4 Å². The molecule has 0 unspecified atom stereocenters. The minimum Gasteiger partial charge on any atom is -0.382 e. The highest BCUT2D eigenvalue weighted by atomic mass is 15.3. The van der Waals surface area contributed by atoms with Crippen molar-refractivity contribution in [1.29, 1.82) is 0 Å². The number of hydrogen-bond donors (Lipinski definition) is 2. The lowest BCUT2D eigenvalue weighted by Crippen LogP contribution is -1.91. The zero-order valence-corrected chi connectivity index (χ0v) is 12.5. The third kappa shape index (κ3) is 2.31. The standard InChI is InChI=1S/C16H19N5/c1-4-13-12(9-21(3)20-13)15-14(16(17)19-18-15)11-7-5-10(2)6-8-11/h5-9H,4H2,1-3H3,(H3,17,18,19). The maximum atomic E-state index is 6.08. The first-order valence-electron chi connectivity index (χ1n) is 7.04. The number of nitrogens with zero attached hydrogens (tertiary/aromatic N) is 3. The molecule has 5 heteroatoms. The van der Waals surface area contributed by atoms with Crippen molar-refractivity contribution in [3.8, 4) is 22.4 Å². The molecule has 1 aromatic carbocycles. The fourth-order valence-corrected chi connectivity index (χ4v) is 2.57. The van der Waals surface area contributed by atoms with Crippen LogP contribution in [0.4, 0.5) is 5.82 Å². The molecule has 5 nitrogen and oxygen atoms in total. The van der Waals surface area contributed by atoms with Gasteiger partial charge in [-0.05, 0) is 18.9 Å². The Morgan fingerprint density at radius 2 is 1.95 bits per heavy atom. The summed E-state index contributed by atoms with van der Waals surface area (Å²) in [6.07, 6.45) is 2.87. The van der Waals surface area contributed by atoms with Crippen molar-refractivity contribution < 1.29 is 0 Å². The molecule has 0 aliphatic carbocycles. The number of aryl methyl sites for hydroxylation is 3. The molecule has 0 saturated carbocycles. The third-order valence-corrected chi connectivity index (χ3v) is 3.64. The van der Waals surface area contributed by atoms with E-state index in [1.807, 2.05) is 17.9 Å². The number of aromatic nitrogens is 4. The first-order chi connectivity index (χ1) is 10.1. The zero-order chi connectivity index (χ0) is 15.0. The Balaban J connectivity index is 2.19. The summed E-state index contributed by atoms with van der Waals surface area (Å²) in [5.74, 6) is 0.514. The number of aromatic amines is 1. The summed E-state index contributed by atoms with van der Waals surface area (Å²) in [4.78, 5) is 0. The summed E-state index contributed by atoms with van der Waals surface area (Å²) in [6.45, 7) is 4.16. The molecule has 3 N–H and O–H groups in total. The predicted octanol–water partition coefficient (Wildman–Crippen LogP) is 2.93. The van der Waals surface area contributed by atoms with E-state index in [9.17, 15) is 0 Å². The second-order valence-electron chi connectivity index (χ2n) is 5.24. The highest BCUT2D eigenvalue weighted by molar-refractivity contribution is 5.88. The molecule has 0 aliphatic rings. The molecule has 0 aliphatic heterocycles. The van der Waals surface area contributed by atoms with Gasteiger partial charge in [0.25, 0.3) is 0 Å². The molecule has 2 aromatic heterocycles. The Kier molecular flexibility index (Phi) is 3.25. The van der Waals surface area contributed by atoms with E-state index < -0.39 is 0 Å². The van der Waals surface area contributed by atoms with E-state index in [1.54, 1.807) is 0 Å². The second kappa shape index (κ2) is 5.09. The minimum absolute atomic E-state index is 0.514. The predicted molar refractivity (Wildman–Crippen MR) is 84.8 cm³/mol. The number of anilines is 1. The van der Waals surface area contributed by atoms with Gasteiger partial charge in [0.1, 0.15) is 0 Å². The largest absolute Gasteiger partial charge is 0.382 e. The molecule has 0 saturated heterocycles. The van der Waals surface area contributed by atoms with E-state index in [0.29, 0.717) is 5.82 Å². The van der Waals surface area contributed by atoms with Gasteiger partial charge in [0.15, 0.2) is 5.82 Å². The molecule has 3 aromatic rings. The Hall–Kier alpha value is -2.56. The van der Waals surface area contributed by atoms with Crippen LogP contribution in [0.5, 0.6) is 0 Å². The number of H-pyrrole nitrogens is 1. The lowest BCUT2D eigenvalue weighted by atomic mass is 10.00. The van der Waals surface area contributed by atoms with Crippen LogP contribution in [0, 0.1) is 6.92 Å². The van der Waals surface area contributed by atoms with Crippen molar-refractivity contribution in [1.82, 2.24) is 20.0 Å². The molecule has 21 heavy (non-hydrogen) atoms. The number of nitrogen functional groups attached to an aromatic ring is 1. The highest BCUT2D eigenvalue weighted by Crippen LogP contribution is 2.36. The Morgan fingerprint density at radius 1 is 1.24 bits per heavy atom. The van der Waals surface area contributed by atoms with Gasteiger partial charge in [-0.2, -0.15) is 10.2 Å². The van der Waals surface area contributed by atoms with Crippen LogP contribution < -0.4 is 5.73 Å². The Morgan fingerprint density at radius 3 is 2.62 bits per heavy atom. The van der Waals surface area contributed by atoms with Gasteiger partial charge in [-0.25, -0.2) is 0 Å². The summed E-state index contributed by atoms with van der Waals surface area (Å²) in [5, 5.41) is 11.7. The van der Waals surface area contributed by atoms with Gasteiger partial charge in [-0.1, -0.05) is 36.8 Å². The minimum atomic E-state index is 0.514. The van der Waals surface area contributed by atoms with Gasteiger partial charge < -0.3 is 5.73 Å². The highest BCUT2D eigenvalue weighted by Gasteiger charge is 2.18. The topological polar surface area (TPSA) is 72.5 Å². The lowest BCUT2D eigenvalue weighted by molar-refractivity contribution is 0.746. The normalized spacial score (nSPS) is 11.0. The molecule has 0 amide bonds. The van der Waals surface area contributed by atoms with Gasteiger partial charge in [0, 0.05) is 18.8 Å². The summed E-state index contributed by atoms with van der Waals surface area (Å²) in [7, 11) is 1.92. The van der Waals surface area contributed by atoms with Crippen LogP contribution in [0.15, 0.2) is 30.5 Å². The van der Waals surface area contributed by atoms with Gasteiger partial charge in [-0.15, -0.1) is 0 Å². The smallest absolute Gasteiger partial charge is 0.153 e. The number of nitrogens with two attached hydrogens (primary N) is 1. The molecular weight excluding hydrogens is 262 g/mol. The summed E-state index contributed by atoms with van der Waals surface area (Å²) < 4.78 is 1.82. The Bertz CT molecular complexity index is 765. The summed E-state index contributed by atoms with van der Waals surface area (Å²) in [6, 6.07) is 8.30. The van der Waals surface area contributed by atoms with E-state index in [2.05, 4.69) is 53.4 Å². The summed E-state index contributed by atoms with van der Waals surface area (Å²) in [5.41, 5.74) is 12.3. The van der Waals surface area contributed by atoms with Crippen molar-refractivity contribution in [2.75, 3.05) is 5.73 Å². The molecule has 2 heterocycles. The average Bonchev–Trinajstić information content (AvgIpc) is 3.02. The molecule has 108 valence electrons. The quantitative estimate of drug-likeness (QED) is 0.775. The van der Waals surface area contributed by atoms with Gasteiger partial charge >= 0.3 is 0 Å². The fraction of sp³-hybridized carbons (Fsp3) is 0.250. The van der Waals surface area contributed by atoms with E-state index in [1.165, 1.54) is 5.56 Å². The van der Waals surface area contributed by atoms with Crippen LogP contribution in [0.1, 0.15) is 18.2 Å². The van der Waals surface area contributed by atoms with E-state index in [-0.39, 0.29) is 0 Å². The maximum Gasteiger partial charge on any atom is 0.153 e. The molecule has 3 rings (SSSR count). The van der Waals surface area contributed by atoms with Crippen molar-refractivity contribution in [3.05, 3.63) is 41.7 Å². The molecule has 0 fully saturated rings. The van der Waals surface area contributed by atoms with Crippen molar-refractivity contribution in [2.24, 2.45) is 7.05 Å². The molecular formula is C16H19N5. The van der Waals surface area contributed by atoms with Crippen molar-refractivity contribution in [3.63, 3.8) is 0 Å². The molecule has 0 spiro atoms. The van der Waals surface area contributed by atoms with Crippen LogP contribution in [0.3, 0.4) is 0 Å². The average molecular weight is 281 g/mol. The second-order valence-corrected chi connectivity index (χ2v) is 5.24. The lowest BCUT2D eigenvalue weighted by Gasteiger charge is -2.05. The van der Waals surface area contributed by atoms with Crippen LogP contribution in [0.2, 0.25) is 0 Å². The summed E-state index contributed by atoms with van der Waals surface area (Å²) >= 11 is 0. The van der Waals surface area contributed by atoms with Gasteiger partial charge in [0.05, 0.1) is 17.0 Å². The first kappa shape index (κ1) is 13.4. The number of hydrogen-bond acceptors (Lipinski definition) is 3. The van der Waals surface area contributed by atoms with Crippen LogP contribution >= 0.6 is 0 Å². The fourth-order valence-electron chi connectivity index (χ4n) is 2.57. The zero-order valence-electron chi connectivity index (χ0n) is 12.5. The van der Waals surface area contributed by atoms with Crippen molar-refractivity contribution >= 4 is 5.82 Å². The molecule has 0 radical (unpaired) electrons. The third-order valence-electron chi connectivity index (χ3n) is 3.64. The maximum absolute atomic E-state index is 6.08. The molecule has 0 bridgehead atoms. The monoisotopic (exact) mass is 281 g/mol. The van der Waals surface area contributed by atoms with Gasteiger partial charge in [-0.3, -0.25) is 9.78 Å². The Labute approximate surface area is 123 Å².